The number of carbonyl (C=O) groups is 2. The monoisotopic (exact) mass is 420 g/mol. The Morgan fingerprint density at radius 1 is 1.00 bits per heavy atom. The number of nitrogens with zero attached hydrogens (tertiary/aromatic N) is 2. The molecule has 0 bridgehead atoms. The van der Waals surface area contributed by atoms with Crippen molar-refractivity contribution < 1.29 is 14.0 Å². The summed E-state index contributed by atoms with van der Waals surface area (Å²) in [5.41, 5.74) is 2.24. The third-order valence-electron chi connectivity index (χ3n) is 4.43. The zero-order chi connectivity index (χ0) is 21.1. The van der Waals surface area contributed by atoms with Gasteiger partial charge in [0.05, 0.1) is 23.2 Å². The number of aromatic nitrogens is 2. The molecule has 8 heteroatoms. The van der Waals surface area contributed by atoms with Crippen LogP contribution in [0.1, 0.15) is 20.8 Å². The van der Waals surface area contributed by atoms with Crippen molar-refractivity contribution in [1.82, 2.24) is 15.1 Å². The summed E-state index contributed by atoms with van der Waals surface area (Å²) in [4.78, 5) is 25.0. The standard InChI is InChI=1S/C22H17ClN4O3/c1-24-21(28)16-5-2-3-6-17(16)25-22(29)18-13-19(20-7-4-12-30-20)27(26-18)15-10-8-14(23)9-11-15/h2-13H,1H3,(H,24,28)(H,25,29). The normalized spacial score (nSPS) is 10.6. The Bertz CT molecular complexity index is 1200. The summed E-state index contributed by atoms with van der Waals surface area (Å²) in [5.74, 6) is -0.192. The molecule has 0 aliphatic rings. The number of benzene rings is 2. The summed E-state index contributed by atoms with van der Waals surface area (Å²) in [6.07, 6.45) is 1.55. The van der Waals surface area contributed by atoms with Crippen molar-refractivity contribution in [2.24, 2.45) is 0 Å². The second kappa shape index (κ2) is 8.26. The molecule has 0 aliphatic heterocycles. The number of carbonyl (C=O) groups excluding carboxylic acids is 2. The maximum atomic E-state index is 12.9. The number of amides is 2. The van der Waals surface area contributed by atoms with Gasteiger partial charge in [0.1, 0.15) is 5.69 Å². The van der Waals surface area contributed by atoms with Gasteiger partial charge in [0, 0.05) is 18.1 Å². The van der Waals surface area contributed by atoms with Crippen LogP contribution in [0, 0.1) is 0 Å². The lowest BCUT2D eigenvalue weighted by Crippen LogP contribution is -2.21. The van der Waals surface area contributed by atoms with Gasteiger partial charge >= 0.3 is 0 Å². The minimum Gasteiger partial charge on any atom is -0.463 e. The highest BCUT2D eigenvalue weighted by Crippen LogP contribution is 2.26. The zero-order valence-corrected chi connectivity index (χ0v) is 16.7. The van der Waals surface area contributed by atoms with Crippen molar-refractivity contribution >= 4 is 29.1 Å². The number of rotatable bonds is 5. The van der Waals surface area contributed by atoms with E-state index in [-0.39, 0.29) is 11.6 Å². The van der Waals surface area contributed by atoms with Crippen LogP contribution in [0.4, 0.5) is 5.69 Å². The van der Waals surface area contributed by atoms with Gasteiger partial charge in [0.25, 0.3) is 11.8 Å². The molecule has 4 rings (SSSR count). The van der Waals surface area contributed by atoms with Gasteiger partial charge in [-0.05, 0) is 48.5 Å². The summed E-state index contributed by atoms with van der Waals surface area (Å²) in [6.45, 7) is 0. The van der Waals surface area contributed by atoms with Crippen LogP contribution in [0.2, 0.25) is 5.02 Å². The Kier molecular flexibility index (Phi) is 5.36. The number of hydrogen-bond acceptors (Lipinski definition) is 4. The lowest BCUT2D eigenvalue weighted by Gasteiger charge is -2.09. The molecule has 2 aromatic heterocycles. The zero-order valence-electron chi connectivity index (χ0n) is 15.9. The van der Waals surface area contributed by atoms with Gasteiger partial charge in [-0.2, -0.15) is 5.10 Å². The molecule has 0 aliphatic carbocycles. The molecular weight excluding hydrogens is 404 g/mol. The van der Waals surface area contributed by atoms with Gasteiger partial charge < -0.3 is 15.1 Å². The summed E-state index contributed by atoms with van der Waals surface area (Å²) in [6, 6.07) is 19.0. The van der Waals surface area contributed by atoms with Gasteiger partial charge in [-0.1, -0.05) is 23.7 Å². The first-order chi connectivity index (χ1) is 14.6. The predicted octanol–water partition coefficient (Wildman–Crippen LogP) is 4.40. The van der Waals surface area contributed by atoms with E-state index in [2.05, 4.69) is 15.7 Å². The fourth-order valence-corrected chi connectivity index (χ4v) is 3.11. The second-order valence-electron chi connectivity index (χ2n) is 6.36. The van der Waals surface area contributed by atoms with Gasteiger partial charge in [-0.3, -0.25) is 9.59 Å². The van der Waals surface area contributed by atoms with E-state index in [1.54, 1.807) is 77.7 Å². The van der Waals surface area contributed by atoms with Crippen molar-refractivity contribution in [1.29, 1.82) is 0 Å². The third-order valence-corrected chi connectivity index (χ3v) is 4.69. The van der Waals surface area contributed by atoms with E-state index in [4.69, 9.17) is 16.0 Å². The summed E-state index contributed by atoms with van der Waals surface area (Å²) < 4.78 is 7.12. The molecular formula is C22H17ClN4O3. The minimum atomic E-state index is -0.452. The molecule has 0 atom stereocenters. The number of hydrogen-bond donors (Lipinski definition) is 2. The van der Waals surface area contributed by atoms with Gasteiger partial charge in [-0.15, -0.1) is 0 Å². The number of nitrogens with one attached hydrogen (secondary N) is 2. The number of para-hydroxylation sites is 1. The first-order valence-electron chi connectivity index (χ1n) is 9.09. The highest BCUT2D eigenvalue weighted by molar-refractivity contribution is 6.30. The van der Waals surface area contributed by atoms with Crippen molar-refractivity contribution in [3.8, 4) is 17.1 Å². The molecule has 0 fully saturated rings. The molecule has 2 heterocycles. The van der Waals surface area contributed by atoms with E-state index >= 15 is 0 Å². The van der Waals surface area contributed by atoms with Crippen LogP contribution in [0.5, 0.6) is 0 Å². The predicted molar refractivity (Wildman–Crippen MR) is 114 cm³/mol. The van der Waals surface area contributed by atoms with Gasteiger partial charge in [-0.25, -0.2) is 4.68 Å². The van der Waals surface area contributed by atoms with E-state index in [1.165, 1.54) is 7.05 Å². The Hall–Kier alpha value is -3.84. The average Bonchev–Trinajstić information content (AvgIpc) is 3.44. The third kappa shape index (κ3) is 3.83. The maximum absolute atomic E-state index is 12.9. The van der Waals surface area contributed by atoms with E-state index in [0.717, 1.165) is 5.69 Å². The van der Waals surface area contributed by atoms with Crippen LogP contribution in [-0.4, -0.2) is 28.6 Å². The topological polar surface area (TPSA) is 89.2 Å². The van der Waals surface area contributed by atoms with E-state index in [1.807, 2.05) is 0 Å². The Balaban J connectivity index is 1.72. The molecule has 7 nitrogen and oxygen atoms in total. The smallest absolute Gasteiger partial charge is 0.276 e. The lowest BCUT2D eigenvalue weighted by molar-refractivity contribution is 0.0964. The first-order valence-corrected chi connectivity index (χ1v) is 9.47. The highest BCUT2D eigenvalue weighted by Gasteiger charge is 2.20. The van der Waals surface area contributed by atoms with Crippen LogP contribution >= 0.6 is 11.6 Å². The molecule has 0 radical (unpaired) electrons. The molecule has 150 valence electrons. The molecule has 2 amide bonds. The maximum Gasteiger partial charge on any atom is 0.276 e. The molecule has 30 heavy (non-hydrogen) atoms. The number of anilines is 1. The van der Waals surface area contributed by atoms with Crippen molar-refractivity contribution in [2.75, 3.05) is 12.4 Å². The summed E-state index contributed by atoms with van der Waals surface area (Å²) in [7, 11) is 1.53. The quantitative estimate of drug-likeness (QED) is 0.501. The largest absolute Gasteiger partial charge is 0.463 e. The van der Waals surface area contributed by atoms with Crippen LogP contribution in [0.25, 0.3) is 17.1 Å². The van der Waals surface area contributed by atoms with Gasteiger partial charge in [0.2, 0.25) is 0 Å². The molecule has 0 saturated heterocycles. The molecule has 4 aromatic rings. The molecule has 0 unspecified atom stereocenters. The van der Waals surface area contributed by atoms with E-state index in [0.29, 0.717) is 27.7 Å². The summed E-state index contributed by atoms with van der Waals surface area (Å²) in [5, 5.41) is 10.4. The van der Waals surface area contributed by atoms with Gasteiger partial charge in [0.15, 0.2) is 11.5 Å². The van der Waals surface area contributed by atoms with E-state index in [9.17, 15) is 9.59 Å². The van der Waals surface area contributed by atoms with Crippen LogP contribution in [0.15, 0.2) is 77.4 Å². The Morgan fingerprint density at radius 2 is 1.77 bits per heavy atom. The van der Waals surface area contributed by atoms with Crippen LogP contribution < -0.4 is 10.6 Å². The SMILES string of the molecule is CNC(=O)c1ccccc1NC(=O)c1cc(-c2ccco2)n(-c2ccc(Cl)cc2)n1. The summed E-state index contributed by atoms with van der Waals surface area (Å²) >= 11 is 5.99. The second-order valence-corrected chi connectivity index (χ2v) is 6.80. The Morgan fingerprint density at radius 3 is 2.47 bits per heavy atom. The number of furan rings is 1. The molecule has 0 saturated carbocycles. The molecule has 0 spiro atoms. The Labute approximate surface area is 177 Å². The fraction of sp³-hybridized carbons (Fsp3) is 0.0455. The van der Waals surface area contributed by atoms with Crippen LogP contribution in [-0.2, 0) is 0 Å². The minimum absolute atomic E-state index is 0.169. The van der Waals surface area contributed by atoms with Crippen LogP contribution in [0.3, 0.4) is 0 Å². The molecule has 2 N–H and O–H groups in total. The van der Waals surface area contributed by atoms with E-state index < -0.39 is 5.91 Å². The number of halogens is 1. The van der Waals surface area contributed by atoms with Crippen molar-refractivity contribution in [3.05, 3.63) is 89.3 Å². The highest BCUT2D eigenvalue weighted by atomic mass is 35.5. The first kappa shape index (κ1) is 19.5. The lowest BCUT2D eigenvalue weighted by atomic mass is 10.1. The fourth-order valence-electron chi connectivity index (χ4n) is 2.98. The van der Waals surface area contributed by atoms with Crippen molar-refractivity contribution in [2.45, 2.75) is 0 Å². The average molecular weight is 421 g/mol. The molecule has 2 aromatic carbocycles. The van der Waals surface area contributed by atoms with Crippen molar-refractivity contribution in [3.63, 3.8) is 0 Å².